The van der Waals surface area contributed by atoms with Crippen LogP contribution in [0.4, 0.5) is 0 Å². The minimum atomic E-state index is 0.0306. The molecule has 1 N–H and O–H groups in total. The minimum absolute atomic E-state index is 0.0306. The molecule has 0 spiro atoms. The van der Waals surface area contributed by atoms with Crippen molar-refractivity contribution in [1.82, 2.24) is 10.2 Å². The van der Waals surface area contributed by atoms with Crippen molar-refractivity contribution in [2.24, 2.45) is 0 Å². The Morgan fingerprint density at radius 2 is 2.00 bits per heavy atom. The highest BCUT2D eigenvalue weighted by molar-refractivity contribution is 5.46. The van der Waals surface area contributed by atoms with Gasteiger partial charge in [0.25, 0.3) is 0 Å². The van der Waals surface area contributed by atoms with Gasteiger partial charge in [0.05, 0.1) is 5.54 Å². The molecule has 104 valence electrons. The lowest BCUT2D eigenvalue weighted by Gasteiger charge is -2.42. The number of hydrogen-bond acceptors (Lipinski definition) is 4. The number of nitrogens with zero attached hydrogens (tertiary/aromatic N) is 1. The van der Waals surface area contributed by atoms with Crippen LogP contribution in [0.3, 0.4) is 0 Å². The van der Waals surface area contributed by atoms with Crippen molar-refractivity contribution in [2.45, 2.75) is 18.4 Å². The summed E-state index contributed by atoms with van der Waals surface area (Å²) in [6.45, 7) is 3.49. The van der Waals surface area contributed by atoms with E-state index in [2.05, 4.69) is 36.4 Å². The van der Waals surface area contributed by atoms with E-state index in [0.29, 0.717) is 13.2 Å². The first-order chi connectivity index (χ1) is 9.23. The Kier molecular flexibility index (Phi) is 3.37. The lowest BCUT2D eigenvalue weighted by atomic mass is 9.82. The van der Waals surface area contributed by atoms with Crippen LogP contribution in [0.15, 0.2) is 18.2 Å². The molecule has 1 aromatic rings. The molecule has 1 saturated heterocycles. The van der Waals surface area contributed by atoms with Gasteiger partial charge in [0, 0.05) is 6.54 Å². The molecule has 0 aliphatic carbocycles. The number of fused-ring (bicyclic) bond motifs is 1. The fourth-order valence-corrected chi connectivity index (χ4v) is 3.19. The van der Waals surface area contributed by atoms with Crippen LogP contribution in [0.2, 0.25) is 0 Å². The van der Waals surface area contributed by atoms with E-state index in [-0.39, 0.29) is 5.54 Å². The zero-order chi connectivity index (χ0) is 13.3. The van der Waals surface area contributed by atoms with Crippen LogP contribution in [-0.2, 0) is 5.54 Å². The predicted octanol–water partition coefficient (Wildman–Crippen LogP) is 1.60. The highest BCUT2D eigenvalue weighted by atomic mass is 16.6. The number of nitrogens with one attached hydrogen (secondary N) is 1. The van der Waals surface area contributed by atoms with Crippen molar-refractivity contribution in [1.29, 1.82) is 0 Å². The van der Waals surface area contributed by atoms with Crippen molar-refractivity contribution in [3.8, 4) is 11.5 Å². The first-order valence-electron chi connectivity index (χ1n) is 7.01. The molecule has 2 aliphatic rings. The number of likely N-dealkylation sites (N-methyl/N-ethyl adjacent to an activating group) is 2. The topological polar surface area (TPSA) is 33.7 Å². The Morgan fingerprint density at radius 3 is 2.74 bits per heavy atom. The molecule has 1 fully saturated rings. The molecule has 0 bridgehead atoms. The van der Waals surface area contributed by atoms with Gasteiger partial charge in [0.1, 0.15) is 13.2 Å². The van der Waals surface area contributed by atoms with E-state index >= 15 is 0 Å². The summed E-state index contributed by atoms with van der Waals surface area (Å²) < 4.78 is 11.3. The van der Waals surface area contributed by atoms with Gasteiger partial charge in [-0.15, -0.1) is 0 Å². The van der Waals surface area contributed by atoms with Crippen molar-refractivity contribution < 1.29 is 9.47 Å². The van der Waals surface area contributed by atoms with Crippen LogP contribution in [0.5, 0.6) is 11.5 Å². The first-order valence-corrected chi connectivity index (χ1v) is 7.01. The lowest BCUT2D eigenvalue weighted by molar-refractivity contribution is 0.148. The van der Waals surface area contributed by atoms with E-state index < -0.39 is 0 Å². The van der Waals surface area contributed by atoms with Crippen LogP contribution in [0.1, 0.15) is 18.4 Å². The van der Waals surface area contributed by atoms with Gasteiger partial charge < -0.3 is 19.7 Å². The zero-order valence-electron chi connectivity index (χ0n) is 11.7. The average molecular weight is 262 g/mol. The molecule has 19 heavy (non-hydrogen) atoms. The Morgan fingerprint density at radius 1 is 1.21 bits per heavy atom. The first kappa shape index (κ1) is 12.8. The summed E-state index contributed by atoms with van der Waals surface area (Å²) >= 11 is 0. The van der Waals surface area contributed by atoms with Crippen LogP contribution < -0.4 is 14.8 Å². The Balaban J connectivity index is 1.94. The third-order valence-corrected chi connectivity index (χ3v) is 4.26. The molecule has 1 unspecified atom stereocenters. The summed E-state index contributed by atoms with van der Waals surface area (Å²) in [7, 11) is 4.24. The summed E-state index contributed by atoms with van der Waals surface area (Å²) in [5, 5.41) is 3.53. The monoisotopic (exact) mass is 262 g/mol. The summed E-state index contributed by atoms with van der Waals surface area (Å²) in [5.41, 5.74) is 1.33. The summed E-state index contributed by atoms with van der Waals surface area (Å²) in [6, 6.07) is 6.35. The largest absolute Gasteiger partial charge is 0.486 e. The lowest BCUT2D eigenvalue weighted by Crippen LogP contribution is -2.52. The van der Waals surface area contributed by atoms with Gasteiger partial charge >= 0.3 is 0 Å². The Hall–Kier alpha value is -1.26. The maximum Gasteiger partial charge on any atom is 0.161 e. The van der Waals surface area contributed by atoms with E-state index in [1.165, 1.54) is 18.5 Å². The second-order valence-corrected chi connectivity index (χ2v) is 5.53. The molecule has 0 aromatic heterocycles. The number of likely N-dealkylation sites (tertiary alicyclic amines) is 1. The molecule has 4 nitrogen and oxygen atoms in total. The fraction of sp³-hybridized carbons (Fsp3) is 0.600. The molecule has 4 heteroatoms. The van der Waals surface area contributed by atoms with Gasteiger partial charge in [-0.2, -0.15) is 0 Å². The van der Waals surface area contributed by atoms with Gasteiger partial charge in [-0.25, -0.2) is 0 Å². The van der Waals surface area contributed by atoms with E-state index in [0.717, 1.165) is 24.5 Å². The molecule has 3 rings (SSSR count). The predicted molar refractivity (Wildman–Crippen MR) is 74.9 cm³/mol. The Labute approximate surface area is 114 Å². The van der Waals surface area contributed by atoms with Gasteiger partial charge in [-0.1, -0.05) is 6.07 Å². The van der Waals surface area contributed by atoms with Crippen molar-refractivity contribution >= 4 is 0 Å². The molecule has 2 heterocycles. The maximum atomic E-state index is 5.70. The van der Waals surface area contributed by atoms with Gasteiger partial charge in [0.2, 0.25) is 0 Å². The smallest absolute Gasteiger partial charge is 0.161 e. The number of rotatable bonds is 2. The van der Waals surface area contributed by atoms with Crippen LogP contribution in [0, 0.1) is 0 Å². The van der Waals surface area contributed by atoms with Crippen LogP contribution in [-0.4, -0.2) is 45.3 Å². The highest BCUT2D eigenvalue weighted by Crippen LogP contribution is 2.37. The molecule has 1 atom stereocenters. The number of ether oxygens (including phenoxy) is 2. The molecular weight excluding hydrogens is 240 g/mol. The van der Waals surface area contributed by atoms with Crippen molar-refractivity contribution in [3.05, 3.63) is 23.8 Å². The van der Waals surface area contributed by atoms with Gasteiger partial charge in [-0.3, -0.25) is 0 Å². The zero-order valence-corrected chi connectivity index (χ0v) is 11.7. The van der Waals surface area contributed by atoms with Crippen molar-refractivity contribution in [2.75, 3.05) is 40.4 Å². The van der Waals surface area contributed by atoms with Gasteiger partial charge in [0.15, 0.2) is 11.5 Å². The second kappa shape index (κ2) is 5.02. The van der Waals surface area contributed by atoms with Crippen LogP contribution in [0.25, 0.3) is 0 Å². The normalized spacial score (nSPS) is 27.3. The van der Waals surface area contributed by atoms with E-state index in [1.807, 2.05) is 6.07 Å². The summed E-state index contributed by atoms with van der Waals surface area (Å²) in [5.74, 6) is 1.75. The molecule has 0 radical (unpaired) electrons. The third-order valence-electron chi connectivity index (χ3n) is 4.26. The second-order valence-electron chi connectivity index (χ2n) is 5.53. The SMILES string of the molecule is CNC1(c2ccc3c(c2)OCCO3)CCCN(C)C1. The molecule has 2 aliphatic heterocycles. The third kappa shape index (κ3) is 2.30. The molecular formula is C15H22N2O2. The minimum Gasteiger partial charge on any atom is -0.486 e. The maximum absolute atomic E-state index is 5.70. The number of hydrogen-bond donors (Lipinski definition) is 1. The average Bonchev–Trinajstić information content (AvgIpc) is 2.46. The molecule has 0 amide bonds. The van der Waals surface area contributed by atoms with Crippen molar-refractivity contribution in [3.63, 3.8) is 0 Å². The highest BCUT2D eigenvalue weighted by Gasteiger charge is 2.35. The molecule has 1 aromatic carbocycles. The quantitative estimate of drug-likeness (QED) is 0.878. The van der Waals surface area contributed by atoms with Crippen LogP contribution >= 0.6 is 0 Å². The number of piperidine rings is 1. The standard InChI is InChI=1S/C15H22N2O2/c1-16-15(6-3-7-17(2)11-15)12-4-5-13-14(10-12)19-9-8-18-13/h4-5,10,16H,3,6-9,11H2,1-2H3. The molecule has 0 saturated carbocycles. The Bertz CT molecular complexity index is 463. The van der Waals surface area contributed by atoms with E-state index in [9.17, 15) is 0 Å². The number of benzene rings is 1. The summed E-state index contributed by atoms with van der Waals surface area (Å²) in [6.07, 6.45) is 2.37. The van der Waals surface area contributed by atoms with E-state index in [1.54, 1.807) is 0 Å². The fourth-order valence-electron chi connectivity index (χ4n) is 3.19. The van der Waals surface area contributed by atoms with Gasteiger partial charge in [-0.05, 0) is 51.2 Å². The van der Waals surface area contributed by atoms with E-state index in [4.69, 9.17) is 9.47 Å². The summed E-state index contributed by atoms with van der Waals surface area (Å²) in [4.78, 5) is 2.39.